The van der Waals surface area contributed by atoms with Crippen molar-refractivity contribution in [3.8, 4) is 0 Å². The summed E-state index contributed by atoms with van der Waals surface area (Å²) in [6, 6.07) is 0. The van der Waals surface area contributed by atoms with E-state index < -0.39 is 0 Å². The molecule has 2 aliphatic carbocycles. The van der Waals surface area contributed by atoms with Crippen LogP contribution >= 0.6 is 11.6 Å². The summed E-state index contributed by atoms with van der Waals surface area (Å²) in [6.45, 7) is 2.36. The molecule has 3 atom stereocenters. The van der Waals surface area contributed by atoms with Crippen molar-refractivity contribution in [2.75, 3.05) is 14.1 Å². The standard InChI is InChI=1S/C16H22ClN3/c1-10-4-11-6-12(5-10)15-13(7-11)18-8-14(16(15)17)19-9-20(2)3/h8-12H,4-7H2,1-3H3. The Morgan fingerprint density at radius 3 is 2.90 bits per heavy atom. The summed E-state index contributed by atoms with van der Waals surface area (Å²) in [5.74, 6) is 2.19. The van der Waals surface area contributed by atoms with Gasteiger partial charge in [-0.3, -0.25) is 4.98 Å². The first-order chi connectivity index (χ1) is 9.54. The first kappa shape index (κ1) is 13.9. The first-order valence-corrected chi connectivity index (χ1v) is 7.80. The molecule has 2 bridgehead atoms. The Hall–Kier alpha value is -1.09. The average Bonchev–Trinajstić information content (AvgIpc) is 2.36. The van der Waals surface area contributed by atoms with Crippen molar-refractivity contribution in [2.24, 2.45) is 16.8 Å². The fourth-order valence-corrected chi connectivity index (χ4v) is 4.16. The topological polar surface area (TPSA) is 28.5 Å². The lowest BCUT2D eigenvalue weighted by Gasteiger charge is -2.39. The van der Waals surface area contributed by atoms with Crippen molar-refractivity contribution in [3.05, 3.63) is 22.5 Å². The van der Waals surface area contributed by atoms with E-state index in [0.29, 0.717) is 5.92 Å². The van der Waals surface area contributed by atoms with Crippen molar-refractivity contribution in [1.29, 1.82) is 0 Å². The summed E-state index contributed by atoms with van der Waals surface area (Å²) in [5, 5.41) is 0.825. The SMILES string of the molecule is CC1CC2Cc3ncc(N=CN(C)C)c(Cl)c3C(C1)C2. The molecule has 0 N–H and O–H groups in total. The number of nitrogens with zero attached hydrogens (tertiary/aromatic N) is 3. The Morgan fingerprint density at radius 2 is 2.15 bits per heavy atom. The van der Waals surface area contributed by atoms with E-state index >= 15 is 0 Å². The van der Waals surface area contributed by atoms with Crippen LogP contribution in [-0.4, -0.2) is 30.3 Å². The molecule has 20 heavy (non-hydrogen) atoms. The summed E-state index contributed by atoms with van der Waals surface area (Å²) in [7, 11) is 3.91. The molecule has 0 saturated heterocycles. The molecule has 0 radical (unpaired) electrons. The van der Waals surface area contributed by atoms with E-state index in [1.54, 1.807) is 6.34 Å². The van der Waals surface area contributed by atoms with Gasteiger partial charge < -0.3 is 4.90 Å². The molecule has 2 aliphatic rings. The quantitative estimate of drug-likeness (QED) is 0.608. The molecule has 3 rings (SSSR count). The van der Waals surface area contributed by atoms with Gasteiger partial charge >= 0.3 is 0 Å². The summed E-state index contributed by atoms with van der Waals surface area (Å²) in [4.78, 5) is 11.0. The second-order valence-electron chi connectivity index (χ2n) is 6.61. The van der Waals surface area contributed by atoms with Crippen LogP contribution in [0.1, 0.15) is 43.4 Å². The number of halogens is 1. The number of aliphatic imine (C=N–C) groups is 1. The van der Waals surface area contributed by atoms with Crippen molar-refractivity contribution >= 4 is 23.6 Å². The van der Waals surface area contributed by atoms with Gasteiger partial charge in [-0.25, -0.2) is 4.99 Å². The van der Waals surface area contributed by atoms with E-state index in [-0.39, 0.29) is 0 Å². The summed E-state index contributed by atoms with van der Waals surface area (Å²) < 4.78 is 0. The Kier molecular flexibility index (Phi) is 3.72. The predicted molar refractivity (Wildman–Crippen MR) is 84.0 cm³/mol. The molecule has 4 heteroatoms. The zero-order valence-corrected chi connectivity index (χ0v) is 13.2. The number of rotatable bonds is 2. The zero-order valence-electron chi connectivity index (χ0n) is 12.4. The van der Waals surface area contributed by atoms with Gasteiger partial charge in [0.15, 0.2) is 0 Å². The van der Waals surface area contributed by atoms with Gasteiger partial charge in [-0.05, 0) is 49.0 Å². The molecule has 1 saturated carbocycles. The van der Waals surface area contributed by atoms with Crippen LogP contribution in [-0.2, 0) is 6.42 Å². The smallest absolute Gasteiger partial charge is 0.102 e. The second-order valence-corrected chi connectivity index (χ2v) is 6.98. The minimum absolute atomic E-state index is 0.585. The van der Waals surface area contributed by atoms with E-state index in [1.807, 2.05) is 25.2 Å². The Bertz CT molecular complexity index is 539. The van der Waals surface area contributed by atoms with Gasteiger partial charge in [-0.1, -0.05) is 18.5 Å². The molecular weight excluding hydrogens is 270 g/mol. The minimum Gasteiger partial charge on any atom is -0.369 e. The molecule has 1 fully saturated rings. The van der Waals surface area contributed by atoms with Crippen molar-refractivity contribution in [3.63, 3.8) is 0 Å². The first-order valence-electron chi connectivity index (χ1n) is 7.42. The highest BCUT2D eigenvalue weighted by Gasteiger charge is 2.36. The van der Waals surface area contributed by atoms with Crippen LogP contribution < -0.4 is 0 Å². The van der Waals surface area contributed by atoms with Gasteiger partial charge in [0, 0.05) is 19.8 Å². The van der Waals surface area contributed by atoms with E-state index in [1.165, 1.54) is 30.5 Å². The summed E-state index contributed by atoms with van der Waals surface area (Å²) in [6.07, 6.45) is 8.56. The van der Waals surface area contributed by atoms with Crippen LogP contribution in [0.4, 0.5) is 5.69 Å². The number of hydrogen-bond acceptors (Lipinski definition) is 2. The van der Waals surface area contributed by atoms with Gasteiger partial charge in [-0.2, -0.15) is 0 Å². The lowest BCUT2D eigenvalue weighted by molar-refractivity contribution is 0.232. The molecule has 1 heterocycles. The number of hydrogen-bond donors (Lipinski definition) is 0. The van der Waals surface area contributed by atoms with Crippen molar-refractivity contribution in [1.82, 2.24) is 9.88 Å². The van der Waals surface area contributed by atoms with Gasteiger partial charge in [0.05, 0.1) is 17.6 Å². The van der Waals surface area contributed by atoms with Crippen LogP contribution in [0.25, 0.3) is 0 Å². The summed E-state index contributed by atoms with van der Waals surface area (Å²) in [5.41, 5.74) is 3.30. The van der Waals surface area contributed by atoms with Gasteiger partial charge in [-0.15, -0.1) is 0 Å². The predicted octanol–water partition coefficient (Wildman–Crippen LogP) is 4.03. The number of pyridine rings is 1. The molecule has 1 aromatic heterocycles. The normalized spacial score (nSPS) is 28.5. The van der Waals surface area contributed by atoms with Crippen molar-refractivity contribution < 1.29 is 0 Å². The van der Waals surface area contributed by atoms with Crippen LogP contribution in [0, 0.1) is 11.8 Å². The molecule has 3 unspecified atom stereocenters. The van der Waals surface area contributed by atoms with E-state index in [0.717, 1.165) is 29.0 Å². The van der Waals surface area contributed by atoms with Crippen LogP contribution in [0.15, 0.2) is 11.2 Å². The van der Waals surface area contributed by atoms with Crippen LogP contribution in [0.5, 0.6) is 0 Å². The van der Waals surface area contributed by atoms with Gasteiger partial charge in [0.1, 0.15) is 5.69 Å². The Balaban J connectivity index is 1.99. The second kappa shape index (κ2) is 5.36. The third-order valence-electron chi connectivity index (χ3n) is 4.47. The van der Waals surface area contributed by atoms with Gasteiger partial charge in [0.2, 0.25) is 0 Å². The van der Waals surface area contributed by atoms with Crippen molar-refractivity contribution in [2.45, 2.75) is 38.5 Å². The van der Waals surface area contributed by atoms with E-state index in [2.05, 4.69) is 16.9 Å². The Morgan fingerprint density at radius 1 is 1.35 bits per heavy atom. The van der Waals surface area contributed by atoms with Crippen LogP contribution in [0.2, 0.25) is 5.02 Å². The van der Waals surface area contributed by atoms with E-state index in [9.17, 15) is 0 Å². The Labute approximate surface area is 126 Å². The number of fused-ring (bicyclic) bond motifs is 4. The highest BCUT2D eigenvalue weighted by atomic mass is 35.5. The lowest BCUT2D eigenvalue weighted by atomic mass is 9.67. The minimum atomic E-state index is 0.585. The van der Waals surface area contributed by atoms with Gasteiger partial charge in [0.25, 0.3) is 0 Å². The summed E-state index contributed by atoms with van der Waals surface area (Å²) >= 11 is 6.63. The zero-order chi connectivity index (χ0) is 14.3. The highest BCUT2D eigenvalue weighted by Crippen LogP contribution is 2.49. The highest BCUT2D eigenvalue weighted by molar-refractivity contribution is 6.34. The molecule has 0 amide bonds. The maximum Gasteiger partial charge on any atom is 0.102 e. The molecule has 1 aromatic rings. The molecule has 0 aliphatic heterocycles. The number of aromatic nitrogens is 1. The largest absolute Gasteiger partial charge is 0.369 e. The maximum atomic E-state index is 6.63. The molecular formula is C16H22ClN3. The molecule has 0 spiro atoms. The monoisotopic (exact) mass is 291 g/mol. The third-order valence-corrected chi connectivity index (χ3v) is 4.87. The maximum absolute atomic E-state index is 6.63. The fraction of sp³-hybridized carbons (Fsp3) is 0.625. The molecule has 108 valence electrons. The molecule has 0 aromatic carbocycles. The van der Waals surface area contributed by atoms with Crippen LogP contribution in [0.3, 0.4) is 0 Å². The van der Waals surface area contributed by atoms with E-state index in [4.69, 9.17) is 11.6 Å². The average molecular weight is 292 g/mol. The molecule has 3 nitrogen and oxygen atoms in total. The fourth-order valence-electron chi connectivity index (χ4n) is 3.80. The lowest BCUT2D eigenvalue weighted by Crippen LogP contribution is -2.28. The third kappa shape index (κ3) is 2.56.